The molecule has 0 bridgehead atoms. The molecule has 0 fully saturated rings. The summed E-state index contributed by atoms with van der Waals surface area (Å²) in [4.78, 5) is 14.4. The van der Waals surface area contributed by atoms with Gasteiger partial charge in [0.05, 0.1) is 0 Å². The Morgan fingerprint density at radius 3 is 1.81 bits per heavy atom. The van der Waals surface area contributed by atoms with Gasteiger partial charge >= 0.3 is 0 Å². The third kappa shape index (κ3) is 3.41. The quantitative estimate of drug-likeness (QED) is 0.287. The van der Waals surface area contributed by atoms with Crippen LogP contribution in [0, 0.1) is 0 Å². The molecule has 0 amide bonds. The van der Waals surface area contributed by atoms with E-state index in [-0.39, 0.29) is 5.78 Å². The Bertz CT molecular complexity index is 974. The molecule has 0 atom stereocenters. The second kappa shape index (κ2) is 7.81. The van der Waals surface area contributed by atoms with Crippen molar-refractivity contribution < 1.29 is 4.79 Å². The SMILES string of the molecule is O=C(C(=C1SSC=C1c1ccccc1)c1ccccc1)c1ccccc1. The van der Waals surface area contributed by atoms with E-state index < -0.39 is 0 Å². The van der Waals surface area contributed by atoms with Crippen LogP contribution in [-0.2, 0) is 0 Å². The maximum Gasteiger partial charge on any atom is 0.194 e. The maximum atomic E-state index is 13.4. The second-order valence-corrected chi connectivity index (χ2v) is 7.92. The number of hydrogen-bond donors (Lipinski definition) is 0. The van der Waals surface area contributed by atoms with Crippen molar-refractivity contribution in [3.63, 3.8) is 0 Å². The van der Waals surface area contributed by atoms with Crippen LogP contribution in [0.3, 0.4) is 0 Å². The predicted molar refractivity (Wildman–Crippen MR) is 114 cm³/mol. The minimum Gasteiger partial charge on any atom is -0.289 e. The zero-order chi connectivity index (χ0) is 17.8. The third-order valence-corrected chi connectivity index (χ3v) is 6.28. The first kappa shape index (κ1) is 17.0. The number of Topliss-reactive ketones (excluding diaryl/α,β-unsaturated/α-hetero) is 1. The molecule has 3 heteroatoms. The van der Waals surface area contributed by atoms with Gasteiger partial charge in [0.1, 0.15) is 0 Å². The van der Waals surface area contributed by atoms with E-state index in [9.17, 15) is 4.79 Å². The molecule has 0 aromatic heterocycles. The fourth-order valence-electron chi connectivity index (χ4n) is 2.92. The van der Waals surface area contributed by atoms with E-state index in [4.69, 9.17) is 0 Å². The number of carbonyl (C=O) groups excluding carboxylic acids is 1. The molecule has 1 nitrogen and oxygen atoms in total. The molecule has 0 radical (unpaired) electrons. The Balaban J connectivity index is 1.89. The summed E-state index contributed by atoms with van der Waals surface area (Å²) in [6.07, 6.45) is 0. The van der Waals surface area contributed by atoms with Gasteiger partial charge in [0, 0.05) is 21.6 Å². The monoisotopic (exact) mass is 372 g/mol. The van der Waals surface area contributed by atoms with Crippen LogP contribution < -0.4 is 0 Å². The number of rotatable bonds is 4. The van der Waals surface area contributed by atoms with Crippen LogP contribution in [0.5, 0.6) is 0 Å². The largest absolute Gasteiger partial charge is 0.289 e. The van der Waals surface area contributed by atoms with Crippen molar-refractivity contribution >= 4 is 38.5 Å². The Hall–Kier alpha value is -2.49. The first-order valence-electron chi connectivity index (χ1n) is 8.33. The van der Waals surface area contributed by atoms with Gasteiger partial charge in [-0.1, -0.05) is 113 Å². The highest BCUT2D eigenvalue weighted by Crippen LogP contribution is 2.51. The lowest BCUT2D eigenvalue weighted by molar-refractivity contribution is 0.105. The van der Waals surface area contributed by atoms with Crippen LogP contribution in [0.15, 0.2) is 101 Å². The Labute approximate surface area is 161 Å². The molecular weight excluding hydrogens is 356 g/mol. The van der Waals surface area contributed by atoms with Crippen LogP contribution in [0.1, 0.15) is 21.5 Å². The normalized spacial score (nSPS) is 15.5. The Morgan fingerprint density at radius 2 is 1.19 bits per heavy atom. The zero-order valence-electron chi connectivity index (χ0n) is 14.0. The van der Waals surface area contributed by atoms with E-state index in [0.717, 1.165) is 27.2 Å². The summed E-state index contributed by atoms with van der Waals surface area (Å²) in [5, 5.41) is 2.14. The van der Waals surface area contributed by atoms with Gasteiger partial charge in [-0.15, -0.1) is 0 Å². The van der Waals surface area contributed by atoms with Crippen LogP contribution >= 0.6 is 21.6 Å². The van der Waals surface area contributed by atoms with Crippen LogP contribution in [0.2, 0.25) is 0 Å². The van der Waals surface area contributed by atoms with E-state index in [1.165, 1.54) is 0 Å². The third-order valence-electron chi connectivity index (χ3n) is 4.18. The van der Waals surface area contributed by atoms with Gasteiger partial charge in [-0.25, -0.2) is 0 Å². The average molecular weight is 373 g/mol. The second-order valence-electron chi connectivity index (χ2n) is 5.84. The number of carbonyl (C=O) groups is 1. The molecule has 3 aromatic rings. The minimum absolute atomic E-state index is 0.0589. The summed E-state index contributed by atoms with van der Waals surface area (Å²) in [6, 6.07) is 29.7. The molecule has 0 N–H and O–H groups in total. The predicted octanol–water partition coefficient (Wildman–Crippen LogP) is 6.72. The number of hydrogen-bond acceptors (Lipinski definition) is 3. The van der Waals surface area contributed by atoms with Crippen molar-refractivity contribution in [3.05, 3.63) is 118 Å². The van der Waals surface area contributed by atoms with Crippen LogP contribution in [0.4, 0.5) is 0 Å². The number of benzene rings is 3. The number of allylic oxidation sites excluding steroid dienone is 2. The average Bonchev–Trinajstić information content (AvgIpc) is 3.19. The number of ketones is 1. The van der Waals surface area contributed by atoms with Crippen molar-refractivity contribution in [1.82, 2.24) is 0 Å². The molecule has 0 saturated heterocycles. The molecule has 1 heterocycles. The summed E-state index contributed by atoms with van der Waals surface area (Å²) in [5.74, 6) is 0.0589. The minimum atomic E-state index is 0.0589. The Kier molecular flexibility index (Phi) is 5.09. The van der Waals surface area contributed by atoms with E-state index in [0.29, 0.717) is 5.56 Å². The van der Waals surface area contributed by atoms with Crippen molar-refractivity contribution in [2.24, 2.45) is 0 Å². The molecule has 26 heavy (non-hydrogen) atoms. The maximum absolute atomic E-state index is 13.4. The van der Waals surface area contributed by atoms with Gasteiger partial charge in [0.15, 0.2) is 5.78 Å². The molecule has 0 unspecified atom stereocenters. The lowest BCUT2D eigenvalue weighted by Crippen LogP contribution is -2.05. The lowest BCUT2D eigenvalue weighted by Gasteiger charge is -2.13. The van der Waals surface area contributed by atoms with Gasteiger partial charge in [-0.2, -0.15) is 0 Å². The molecule has 1 aliphatic rings. The van der Waals surface area contributed by atoms with E-state index in [1.54, 1.807) is 21.6 Å². The zero-order valence-corrected chi connectivity index (χ0v) is 15.6. The lowest BCUT2D eigenvalue weighted by atomic mass is 9.93. The molecule has 126 valence electrons. The molecule has 0 aliphatic carbocycles. The summed E-state index contributed by atoms with van der Waals surface area (Å²) in [5.41, 5.74) is 4.68. The van der Waals surface area contributed by atoms with Crippen molar-refractivity contribution in [2.75, 3.05) is 0 Å². The highest BCUT2D eigenvalue weighted by molar-refractivity contribution is 8.80. The van der Waals surface area contributed by atoms with Crippen molar-refractivity contribution in [1.29, 1.82) is 0 Å². The highest BCUT2D eigenvalue weighted by Gasteiger charge is 2.25. The van der Waals surface area contributed by atoms with Gasteiger partial charge in [-0.05, 0) is 16.5 Å². The fourth-order valence-corrected chi connectivity index (χ4v) is 5.29. The van der Waals surface area contributed by atoms with E-state index in [2.05, 4.69) is 17.5 Å². The highest BCUT2D eigenvalue weighted by atomic mass is 33.1. The first-order chi connectivity index (χ1) is 12.8. The molecule has 0 spiro atoms. The fraction of sp³-hybridized carbons (Fsp3) is 0. The summed E-state index contributed by atoms with van der Waals surface area (Å²) in [7, 11) is 3.32. The van der Waals surface area contributed by atoms with Gasteiger partial charge in [0.2, 0.25) is 0 Å². The topological polar surface area (TPSA) is 17.1 Å². The van der Waals surface area contributed by atoms with Crippen molar-refractivity contribution in [3.8, 4) is 0 Å². The van der Waals surface area contributed by atoms with E-state index >= 15 is 0 Å². The molecule has 1 aliphatic heterocycles. The smallest absolute Gasteiger partial charge is 0.194 e. The van der Waals surface area contributed by atoms with Gasteiger partial charge in [-0.3, -0.25) is 4.79 Å². The molecular formula is C23H16OS2. The standard InChI is InChI=1S/C23H16OS2/c24-22(19-14-8-3-9-15-19)21(18-12-6-2-7-13-18)23-20(16-25-26-23)17-10-4-1-5-11-17/h1-16H. The molecule has 3 aromatic carbocycles. The van der Waals surface area contributed by atoms with Gasteiger partial charge < -0.3 is 0 Å². The van der Waals surface area contributed by atoms with Crippen molar-refractivity contribution in [2.45, 2.75) is 0 Å². The van der Waals surface area contributed by atoms with E-state index in [1.807, 2.05) is 78.9 Å². The summed E-state index contributed by atoms with van der Waals surface area (Å²) in [6.45, 7) is 0. The van der Waals surface area contributed by atoms with Crippen LogP contribution in [-0.4, -0.2) is 5.78 Å². The summed E-state index contributed by atoms with van der Waals surface area (Å²) >= 11 is 0. The Morgan fingerprint density at radius 1 is 0.654 bits per heavy atom. The molecule has 4 rings (SSSR count). The molecule has 0 saturated carbocycles. The van der Waals surface area contributed by atoms with Gasteiger partial charge in [0.25, 0.3) is 0 Å². The summed E-state index contributed by atoms with van der Waals surface area (Å²) < 4.78 is 0. The first-order valence-corrected chi connectivity index (χ1v) is 10.5. The van der Waals surface area contributed by atoms with Crippen LogP contribution in [0.25, 0.3) is 11.1 Å².